The normalized spacial score (nSPS) is 15.6. The minimum absolute atomic E-state index is 0.0138. The summed E-state index contributed by atoms with van der Waals surface area (Å²) in [4.78, 5) is 11.6. The van der Waals surface area contributed by atoms with Gasteiger partial charge in [-0.25, -0.2) is 17.9 Å². The lowest BCUT2D eigenvalue weighted by Crippen LogP contribution is -2.17. The zero-order valence-electron chi connectivity index (χ0n) is 12.9. The summed E-state index contributed by atoms with van der Waals surface area (Å²) in [6.45, 7) is 7.22. The van der Waals surface area contributed by atoms with E-state index in [9.17, 15) is 18.3 Å². The van der Waals surface area contributed by atoms with Crippen LogP contribution in [0.15, 0.2) is 54.5 Å². The van der Waals surface area contributed by atoms with Crippen molar-refractivity contribution in [1.82, 2.24) is 9.78 Å². The second-order valence-electron chi connectivity index (χ2n) is 5.29. The molecule has 0 aliphatic carbocycles. The summed E-state index contributed by atoms with van der Waals surface area (Å²) < 4.78 is 26.3. The molecule has 0 fully saturated rings. The molecule has 128 valence electrons. The fraction of sp³-hybridized carbons (Fsp3) is 0.0588. The maximum absolute atomic E-state index is 12.5. The van der Waals surface area contributed by atoms with E-state index in [2.05, 4.69) is 18.3 Å². The molecule has 0 spiro atoms. The van der Waals surface area contributed by atoms with Gasteiger partial charge in [0.15, 0.2) is 15.5 Å². The number of aromatic nitrogens is 2. The molecule has 1 aliphatic heterocycles. The van der Waals surface area contributed by atoms with Crippen LogP contribution in [0.2, 0.25) is 5.02 Å². The van der Waals surface area contributed by atoms with Crippen molar-refractivity contribution >= 4 is 33.0 Å². The predicted octanol–water partition coefficient (Wildman–Crippen LogP) is 3.24. The van der Waals surface area contributed by atoms with Crippen LogP contribution >= 0.6 is 11.6 Å². The van der Waals surface area contributed by atoms with Crippen molar-refractivity contribution in [2.24, 2.45) is 0 Å². The number of halogens is 1. The van der Waals surface area contributed by atoms with Gasteiger partial charge in [0.25, 0.3) is 0 Å². The highest BCUT2D eigenvalue weighted by Gasteiger charge is 2.36. The van der Waals surface area contributed by atoms with Crippen molar-refractivity contribution in [3.05, 3.63) is 76.5 Å². The summed E-state index contributed by atoms with van der Waals surface area (Å²) in [7, 11) is -3.74. The molecule has 6 nitrogen and oxygen atoms in total. The van der Waals surface area contributed by atoms with Gasteiger partial charge < -0.3 is 5.11 Å². The first-order valence-electron chi connectivity index (χ1n) is 7.14. The third kappa shape index (κ3) is 2.61. The summed E-state index contributed by atoms with van der Waals surface area (Å²) >= 11 is 6.22. The van der Waals surface area contributed by atoms with Crippen LogP contribution in [0.1, 0.15) is 21.7 Å². The van der Waals surface area contributed by atoms with Crippen molar-refractivity contribution in [2.45, 2.75) is 5.75 Å². The summed E-state index contributed by atoms with van der Waals surface area (Å²) in [5.41, 5.74) is 0.797. The van der Waals surface area contributed by atoms with Gasteiger partial charge in [-0.05, 0) is 12.1 Å². The molecule has 3 rings (SSSR count). The highest BCUT2D eigenvalue weighted by molar-refractivity contribution is 7.95. The molecule has 1 aromatic carbocycles. The molecule has 0 saturated carbocycles. The Morgan fingerprint density at radius 3 is 2.52 bits per heavy atom. The van der Waals surface area contributed by atoms with E-state index in [0.29, 0.717) is 16.4 Å². The SMILES string of the molecule is C=CC1=C(C=C)S(=O)(=O)Cc2c(C(=O)O)nn(-c3ccccc3Cl)c21. The van der Waals surface area contributed by atoms with Crippen molar-refractivity contribution in [3.8, 4) is 5.69 Å². The Bertz CT molecular complexity index is 1060. The maximum atomic E-state index is 12.5. The Morgan fingerprint density at radius 2 is 1.96 bits per heavy atom. The largest absolute Gasteiger partial charge is 0.476 e. The fourth-order valence-corrected chi connectivity index (χ4v) is 4.61. The van der Waals surface area contributed by atoms with Gasteiger partial charge in [0.1, 0.15) is 0 Å². The Kier molecular flexibility index (Phi) is 4.14. The number of rotatable bonds is 4. The Labute approximate surface area is 149 Å². The first kappa shape index (κ1) is 17.2. The Morgan fingerprint density at radius 1 is 1.28 bits per heavy atom. The van der Waals surface area contributed by atoms with E-state index in [1.54, 1.807) is 24.3 Å². The van der Waals surface area contributed by atoms with Crippen LogP contribution in [-0.4, -0.2) is 29.3 Å². The molecule has 0 amide bonds. The fourth-order valence-electron chi connectivity index (χ4n) is 2.82. The zero-order valence-corrected chi connectivity index (χ0v) is 14.5. The number of allylic oxidation sites excluding steroid dienone is 3. The molecule has 1 N–H and O–H groups in total. The lowest BCUT2D eigenvalue weighted by molar-refractivity contribution is 0.0689. The van der Waals surface area contributed by atoms with Gasteiger partial charge in [-0.1, -0.05) is 49.0 Å². The molecule has 0 unspecified atom stereocenters. The number of benzene rings is 1. The van der Waals surface area contributed by atoms with Crippen molar-refractivity contribution < 1.29 is 18.3 Å². The summed E-state index contributed by atoms with van der Waals surface area (Å²) in [6, 6.07) is 6.75. The molecule has 25 heavy (non-hydrogen) atoms. The molecule has 0 atom stereocenters. The van der Waals surface area contributed by atoms with E-state index in [1.807, 2.05) is 0 Å². The molecule has 0 saturated heterocycles. The minimum atomic E-state index is -3.74. The van der Waals surface area contributed by atoms with Crippen LogP contribution in [0.25, 0.3) is 11.3 Å². The summed E-state index contributed by atoms with van der Waals surface area (Å²) in [5.74, 6) is -1.80. The van der Waals surface area contributed by atoms with E-state index in [1.165, 1.54) is 16.8 Å². The average Bonchev–Trinajstić information content (AvgIpc) is 2.91. The van der Waals surface area contributed by atoms with Crippen LogP contribution in [-0.2, 0) is 15.6 Å². The van der Waals surface area contributed by atoms with Crippen LogP contribution in [0.3, 0.4) is 0 Å². The van der Waals surface area contributed by atoms with Crippen molar-refractivity contribution in [3.63, 3.8) is 0 Å². The number of carbonyl (C=O) groups is 1. The standard InChI is InChI=1S/C17H13ClN2O4S/c1-3-10-14(4-2)25(23,24)9-11-15(17(21)22)19-20(16(10)11)13-8-6-5-7-12(13)18/h3-8H,1-2,9H2,(H,21,22). The van der Waals surface area contributed by atoms with E-state index in [-0.39, 0.29) is 21.7 Å². The first-order valence-corrected chi connectivity index (χ1v) is 9.17. The van der Waals surface area contributed by atoms with E-state index in [0.717, 1.165) is 0 Å². The van der Waals surface area contributed by atoms with Gasteiger partial charge in [0.2, 0.25) is 0 Å². The highest BCUT2D eigenvalue weighted by Crippen LogP contribution is 2.38. The topological polar surface area (TPSA) is 89.3 Å². The third-order valence-corrected chi connectivity index (χ3v) is 5.89. The smallest absolute Gasteiger partial charge is 0.356 e. The summed E-state index contributed by atoms with van der Waals surface area (Å²) in [6.07, 6.45) is 2.58. The van der Waals surface area contributed by atoms with E-state index in [4.69, 9.17) is 11.6 Å². The average molecular weight is 377 g/mol. The molecular formula is C17H13ClN2O4S. The second-order valence-corrected chi connectivity index (χ2v) is 7.65. The molecule has 0 radical (unpaired) electrons. The summed E-state index contributed by atoms with van der Waals surface area (Å²) in [5, 5.41) is 13.9. The van der Waals surface area contributed by atoms with Crippen LogP contribution in [0, 0.1) is 0 Å². The number of carboxylic acid groups (broad SMARTS) is 1. The maximum Gasteiger partial charge on any atom is 0.356 e. The van der Waals surface area contributed by atoms with Crippen molar-refractivity contribution in [1.29, 1.82) is 0 Å². The quantitative estimate of drug-likeness (QED) is 0.884. The Balaban J connectivity index is 2.48. The number of aromatic carboxylic acids is 1. The van der Waals surface area contributed by atoms with Crippen LogP contribution in [0.4, 0.5) is 0 Å². The molecule has 8 heteroatoms. The molecule has 0 bridgehead atoms. The molecule has 1 aliphatic rings. The third-order valence-electron chi connectivity index (χ3n) is 3.85. The number of carboxylic acids is 1. The number of nitrogens with zero attached hydrogens (tertiary/aromatic N) is 2. The monoisotopic (exact) mass is 376 g/mol. The lowest BCUT2D eigenvalue weighted by Gasteiger charge is -2.19. The Hall–Kier alpha value is -2.64. The van der Waals surface area contributed by atoms with Gasteiger partial charge in [0, 0.05) is 11.1 Å². The van der Waals surface area contributed by atoms with Gasteiger partial charge in [-0.2, -0.15) is 5.10 Å². The second kappa shape index (κ2) is 6.02. The van der Waals surface area contributed by atoms with Gasteiger partial charge >= 0.3 is 5.97 Å². The molecule has 1 aromatic heterocycles. The number of sulfone groups is 1. The number of hydrogen-bond acceptors (Lipinski definition) is 4. The highest BCUT2D eigenvalue weighted by atomic mass is 35.5. The van der Waals surface area contributed by atoms with E-state index >= 15 is 0 Å². The van der Waals surface area contributed by atoms with Crippen LogP contribution in [0.5, 0.6) is 0 Å². The number of para-hydroxylation sites is 1. The van der Waals surface area contributed by atoms with Crippen LogP contribution < -0.4 is 0 Å². The minimum Gasteiger partial charge on any atom is -0.476 e. The molecular weight excluding hydrogens is 364 g/mol. The number of hydrogen-bond donors (Lipinski definition) is 1. The number of fused-ring (bicyclic) bond motifs is 1. The van der Waals surface area contributed by atoms with Gasteiger partial charge in [0.05, 0.1) is 27.1 Å². The van der Waals surface area contributed by atoms with E-state index < -0.39 is 21.6 Å². The van der Waals surface area contributed by atoms with Gasteiger partial charge in [-0.15, -0.1) is 0 Å². The zero-order chi connectivity index (χ0) is 18.4. The first-order chi connectivity index (χ1) is 11.8. The predicted molar refractivity (Wildman–Crippen MR) is 95.5 cm³/mol. The van der Waals surface area contributed by atoms with Gasteiger partial charge in [-0.3, -0.25) is 0 Å². The lowest BCUT2D eigenvalue weighted by atomic mass is 10.1. The molecule has 2 heterocycles. The molecule has 2 aromatic rings. The van der Waals surface area contributed by atoms with Crippen molar-refractivity contribution in [2.75, 3.05) is 0 Å².